The lowest BCUT2D eigenvalue weighted by atomic mass is 9.92. The van der Waals surface area contributed by atoms with Crippen LogP contribution in [0.3, 0.4) is 0 Å². The van der Waals surface area contributed by atoms with Crippen LogP contribution in [-0.4, -0.2) is 32.7 Å². The van der Waals surface area contributed by atoms with Gasteiger partial charge in [-0.25, -0.2) is 9.89 Å². The van der Waals surface area contributed by atoms with Gasteiger partial charge in [-0.1, -0.05) is 23.7 Å². The van der Waals surface area contributed by atoms with E-state index in [1.54, 1.807) is 18.2 Å². The number of rotatable bonds is 6. The highest BCUT2D eigenvalue weighted by molar-refractivity contribution is 6.30. The first-order valence-corrected chi connectivity index (χ1v) is 11.3. The number of nitrogens with zero attached hydrogens (tertiary/aromatic N) is 2. The Morgan fingerprint density at radius 2 is 1.75 bits per heavy atom. The van der Waals surface area contributed by atoms with Crippen LogP contribution < -0.4 is 5.69 Å². The van der Waals surface area contributed by atoms with Crippen molar-refractivity contribution in [2.24, 2.45) is 0 Å². The molecule has 1 aliphatic rings. The third-order valence-corrected chi connectivity index (χ3v) is 6.12. The lowest BCUT2D eigenvalue weighted by Gasteiger charge is -2.41. The standard InChI is InChI=1S/C23H21ClF6N4O2/c24-17-4-1-3-14(9-17)20-18(5-2-6-34(20)11-19-31-21(35)33-32-19)36-12-13-7-15(22(25,26)27)10-16(8-13)23(28,29)30/h1,3-4,7-10,18,20H,2,5-6,11-12H2,(H2,31,32,33,35)/t18-,20-/m1/s1. The van der Waals surface area contributed by atoms with E-state index in [2.05, 4.69) is 15.2 Å². The lowest BCUT2D eigenvalue weighted by Crippen LogP contribution is -2.42. The Kier molecular flexibility index (Phi) is 7.48. The lowest BCUT2D eigenvalue weighted by molar-refractivity contribution is -0.143. The van der Waals surface area contributed by atoms with Gasteiger partial charge in [-0.2, -0.15) is 31.4 Å². The summed E-state index contributed by atoms with van der Waals surface area (Å²) in [7, 11) is 0. The van der Waals surface area contributed by atoms with E-state index in [9.17, 15) is 31.1 Å². The number of hydrogen-bond acceptors (Lipinski definition) is 4. The number of ether oxygens (including phenoxy) is 1. The summed E-state index contributed by atoms with van der Waals surface area (Å²) in [5.74, 6) is 0.375. The number of piperidine rings is 1. The van der Waals surface area contributed by atoms with Gasteiger partial charge in [0.15, 0.2) is 0 Å². The second-order valence-corrected chi connectivity index (χ2v) is 8.94. The molecule has 0 amide bonds. The first-order chi connectivity index (χ1) is 16.9. The molecule has 2 N–H and O–H groups in total. The average molecular weight is 535 g/mol. The smallest absolute Gasteiger partial charge is 0.372 e. The number of nitrogens with one attached hydrogen (secondary N) is 2. The molecule has 36 heavy (non-hydrogen) atoms. The molecule has 4 rings (SSSR count). The highest BCUT2D eigenvalue weighted by Gasteiger charge is 2.38. The van der Waals surface area contributed by atoms with Crippen LogP contribution in [0.25, 0.3) is 0 Å². The number of benzene rings is 2. The molecule has 1 aliphatic heterocycles. The maximum absolute atomic E-state index is 13.3. The monoisotopic (exact) mass is 534 g/mol. The molecule has 194 valence electrons. The van der Waals surface area contributed by atoms with E-state index < -0.39 is 47.9 Å². The summed E-state index contributed by atoms with van der Waals surface area (Å²) in [6.07, 6.45) is -9.31. The van der Waals surface area contributed by atoms with Gasteiger partial charge in [0.25, 0.3) is 0 Å². The van der Waals surface area contributed by atoms with E-state index in [0.717, 1.165) is 5.56 Å². The number of likely N-dealkylation sites (tertiary alicyclic amines) is 1. The summed E-state index contributed by atoms with van der Waals surface area (Å²) in [5.41, 5.74) is -2.75. The number of alkyl halides is 6. The van der Waals surface area contributed by atoms with Crippen molar-refractivity contribution in [2.75, 3.05) is 6.54 Å². The molecule has 2 aromatic carbocycles. The Labute approximate surface area is 206 Å². The van der Waals surface area contributed by atoms with Gasteiger partial charge >= 0.3 is 18.0 Å². The van der Waals surface area contributed by atoms with E-state index in [0.29, 0.717) is 42.4 Å². The number of aromatic nitrogens is 3. The number of hydrogen-bond donors (Lipinski definition) is 2. The van der Waals surface area contributed by atoms with Gasteiger partial charge < -0.3 is 4.74 Å². The van der Waals surface area contributed by atoms with E-state index in [-0.39, 0.29) is 18.2 Å². The third-order valence-electron chi connectivity index (χ3n) is 5.88. The highest BCUT2D eigenvalue weighted by atomic mass is 35.5. The molecular formula is C23H21ClF6N4O2. The van der Waals surface area contributed by atoms with Crippen LogP contribution in [-0.2, 0) is 30.2 Å². The van der Waals surface area contributed by atoms with Gasteiger partial charge in [0.05, 0.1) is 36.4 Å². The zero-order valence-corrected chi connectivity index (χ0v) is 19.3. The van der Waals surface area contributed by atoms with E-state index in [1.165, 1.54) is 0 Å². The maximum Gasteiger partial charge on any atom is 0.416 e. The van der Waals surface area contributed by atoms with Crippen molar-refractivity contribution in [2.45, 2.75) is 50.5 Å². The topological polar surface area (TPSA) is 74.0 Å². The largest absolute Gasteiger partial charge is 0.416 e. The number of aromatic amines is 2. The minimum absolute atomic E-state index is 0.0886. The minimum atomic E-state index is -4.94. The molecule has 2 heterocycles. The average Bonchev–Trinajstić information content (AvgIpc) is 3.21. The molecule has 0 bridgehead atoms. The summed E-state index contributed by atoms with van der Waals surface area (Å²) in [4.78, 5) is 16.0. The van der Waals surface area contributed by atoms with Crippen molar-refractivity contribution >= 4 is 11.6 Å². The fourth-order valence-electron chi connectivity index (χ4n) is 4.37. The SMILES string of the molecule is O=c1[nH]nc(CN2CCC[C@@H](OCc3cc(C(F)(F)F)cc(C(F)(F)F)c3)[C@H]2c2cccc(Cl)c2)[nH]1. The first kappa shape index (κ1) is 26.2. The van der Waals surface area contributed by atoms with Gasteiger partial charge in [-0.3, -0.25) is 9.88 Å². The summed E-state index contributed by atoms with van der Waals surface area (Å²) < 4.78 is 85.5. The predicted molar refractivity (Wildman–Crippen MR) is 118 cm³/mol. The quantitative estimate of drug-likeness (QED) is 0.397. The van der Waals surface area contributed by atoms with Gasteiger partial charge in [0.2, 0.25) is 0 Å². The first-order valence-electron chi connectivity index (χ1n) is 10.9. The Morgan fingerprint density at radius 1 is 1.06 bits per heavy atom. The molecule has 1 aromatic heterocycles. The molecule has 0 unspecified atom stereocenters. The number of H-pyrrole nitrogens is 2. The molecule has 0 spiro atoms. The highest BCUT2D eigenvalue weighted by Crippen LogP contribution is 2.38. The Balaban J connectivity index is 1.62. The molecule has 3 aromatic rings. The van der Waals surface area contributed by atoms with Crippen molar-refractivity contribution in [3.8, 4) is 0 Å². The fourth-order valence-corrected chi connectivity index (χ4v) is 4.57. The summed E-state index contributed by atoms with van der Waals surface area (Å²) >= 11 is 6.18. The Hall–Kier alpha value is -2.83. The molecule has 1 fully saturated rings. The molecule has 6 nitrogen and oxygen atoms in total. The van der Waals surface area contributed by atoms with Gasteiger partial charge in [-0.05, 0) is 60.8 Å². The maximum atomic E-state index is 13.3. The molecular weight excluding hydrogens is 514 g/mol. The van der Waals surface area contributed by atoms with Crippen molar-refractivity contribution in [1.29, 1.82) is 0 Å². The number of halogens is 7. The van der Waals surface area contributed by atoms with Crippen molar-refractivity contribution < 1.29 is 31.1 Å². The van der Waals surface area contributed by atoms with Crippen LogP contribution in [0.4, 0.5) is 26.3 Å². The Bertz CT molecular complexity index is 1220. The fraction of sp³-hybridized carbons (Fsp3) is 0.391. The second-order valence-electron chi connectivity index (χ2n) is 8.50. The molecule has 13 heteroatoms. The van der Waals surface area contributed by atoms with Crippen LogP contribution in [0.1, 0.15) is 47.0 Å². The van der Waals surface area contributed by atoms with Gasteiger partial charge in [-0.15, -0.1) is 0 Å². The molecule has 0 saturated carbocycles. The zero-order chi connectivity index (χ0) is 26.1. The van der Waals surface area contributed by atoms with Crippen LogP contribution in [0.15, 0.2) is 47.3 Å². The van der Waals surface area contributed by atoms with Crippen LogP contribution in [0.2, 0.25) is 5.02 Å². The summed E-state index contributed by atoms with van der Waals surface area (Å²) in [5, 5.41) is 6.67. The summed E-state index contributed by atoms with van der Waals surface area (Å²) in [6, 6.07) is 7.93. The normalized spacial score (nSPS) is 19.5. The zero-order valence-electron chi connectivity index (χ0n) is 18.6. The van der Waals surface area contributed by atoms with Gasteiger partial charge in [0, 0.05) is 5.02 Å². The molecule has 2 atom stereocenters. The van der Waals surface area contributed by atoms with Crippen LogP contribution in [0, 0.1) is 0 Å². The van der Waals surface area contributed by atoms with Crippen LogP contribution >= 0.6 is 11.6 Å². The van der Waals surface area contributed by atoms with Crippen molar-refractivity contribution in [3.63, 3.8) is 0 Å². The van der Waals surface area contributed by atoms with Gasteiger partial charge in [0.1, 0.15) is 5.82 Å². The molecule has 1 saturated heterocycles. The second kappa shape index (κ2) is 10.3. The Morgan fingerprint density at radius 3 is 2.33 bits per heavy atom. The van der Waals surface area contributed by atoms with Crippen LogP contribution in [0.5, 0.6) is 0 Å². The van der Waals surface area contributed by atoms with Crippen molar-refractivity contribution in [1.82, 2.24) is 20.1 Å². The predicted octanol–water partition coefficient (Wildman–Crippen LogP) is 5.71. The van der Waals surface area contributed by atoms with E-state index in [1.807, 2.05) is 11.0 Å². The van der Waals surface area contributed by atoms with E-state index in [4.69, 9.17) is 16.3 Å². The third kappa shape index (κ3) is 6.29. The molecule has 0 radical (unpaired) electrons. The molecule has 0 aliphatic carbocycles. The van der Waals surface area contributed by atoms with E-state index >= 15 is 0 Å². The van der Waals surface area contributed by atoms with Crippen molar-refractivity contribution in [3.05, 3.63) is 86.0 Å². The summed E-state index contributed by atoms with van der Waals surface area (Å²) in [6.45, 7) is 0.368. The minimum Gasteiger partial charge on any atom is -0.372 e.